The summed E-state index contributed by atoms with van der Waals surface area (Å²) < 4.78 is 5.79. The maximum Gasteiger partial charge on any atom is 0.407 e. The summed E-state index contributed by atoms with van der Waals surface area (Å²) in [6, 6.07) is 7.78. The van der Waals surface area contributed by atoms with Crippen molar-refractivity contribution in [2.45, 2.75) is 26.0 Å². The molecule has 2 N–H and O–H groups in total. The maximum atomic E-state index is 11.1. The van der Waals surface area contributed by atoms with Crippen LogP contribution in [0.1, 0.15) is 25.5 Å². The van der Waals surface area contributed by atoms with E-state index in [0.29, 0.717) is 19.6 Å². The standard InChI is InChI=1S/C14H20N2O3/c1-10(2)19-13-6-4-3-5-11(13)12-9-16(14(17)18)8-7-15-12/h3-6,10,12,15H,7-9H2,1-2H3,(H,17,18)/t12-/m1/s1. The van der Waals surface area contributed by atoms with E-state index in [1.807, 2.05) is 38.1 Å². The zero-order valence-electron chi connectivity index (χ0n) is 11.3. The summed E-state index contributed by atoms with van der Waals surface area (Å²) in [5.74, 6) is 0.822. The van der Waals surface area contributed by atoms with Crippen molar-refractivity contribution in [3.8, 4) is 5.75 Å². The summed E-state index contributed by atoms with van der Waals surface area (Å²) in [7, 11) is 0. The molecular weight excluding hydrogens is 244 g/mol. The minimum Gasteiger partial charge on any atom is -0.491 e. The van der Waals surface area contributed by atoms with Gasteiger partial charge in [0.1, 0.15) is 5.75 Å². The molecule has 0 radical (unpaired) electrons. The Labute approximate surface area is 113 Å². The number of rotatable bonds is 3. The predicted molar refractivity (Wildman–Crippen MR) is 72.5 cm³/mol. The summed E-state index contributed by atoms with van der Waals surface area (Å²) >= 11 is 0. The van der Waals surface area contributed by atoms with Gasteiger partial charge in [-0.25, -0.2) is 4.79 Å². The van der Waals surface area contributed by atoms with Crippen molar-refractivity contribution in [3.05, 3.63) is 29.8 Å². The SMILES string of the molecule is CC(C)Oc1ccccc1[C@H]1CN(C(=O)O)CCN1. The van der Waals surface area contributed by atoms with Crippen LogP contribution in [0.2, 0.25) is 0 Å². The molecule has 0 unspecified atom stereocenters. The van der Waals surface area contributed by atoms with Gasteiger partial charge in [-0.15, -0.1) is 0 Å². The lowest BCUT2D eigenvalue weighted by molar-refractivity contribution is 0.128. The normalized spacial score (nSPS) is 19.5. The second-order valence-electron chi connectivity index (χ2n) is 4.94. The number of carbonyl (C=O) groups is 1. The Morgan fingerprint density at radius 1 is 1.47 bits per heavy atom. The van der Waals surface area contributed by atoms with Gasteiger partial charge < -0.3 is 20.1 Å². The fourth-order valence-corrected chi connectivity index (χ4v) is 2.26. The lowest BCUT2D eigenvalue weighted by Crippen LogP contribution is -2.47. The molecule has 0 aliphatic carbocycles. The van der Waals surface area contributed by atoms with Crippen molar-refractivity contribution in [1.82, 2.24) is 10.2 Å². The van der Waals surface area contributed by atoms with E-state index in [-0.39, 0.29) is 12.1 Å². The highest BCUT2D eigenvalue weighted by molar-refractivity contribution is 5.65. The Balaban J connectivity index is 2.18. The van der Waals surface area contributed by atoms with Crippen LogP contribution in [0.25, 0.3) is 0 Å². The average molecular weight is 264 g/mol. The van der Waals surface area contributed by atoms with E-state index in [1.54, 1.807) is 0 Å². The minimum absolute atomic E-state index is 0.0141. The van der Waals surface area contributed by atoms with E-state index >= 15 is 0 Å². The highest BCUT2D eigenvalue weighted by Gasteiger charge is 2.25. The van der Waals surface area contributed by atoms with Crippen molar-refractivity contribution in [3.63, 3.8) is 0 Å². The number of nitrogens with zero attached hydrogens (tertiary/aromatic N) is 1. The van der Waals surface area contributed by atoms with Crippen molar-refractivity contribution in [2.75, 3.05) is 19.6 Å². The third-order valence-corrected chi connectivity index (χ3v) is 3.10. The summed E-state index contributed by atoms with van der Waals surface area (Å²) in [5, 5.41) is 12.4. The molecule has 0 aromatic heterocycles. The number of hydrogen-bond acceptors (Lipinski definition) is 3. The largest absolute Gasteiger partial charge is 0.491 e. The molecule has 1 saturated heterocycles. The summed E-state index contributed by atoms with van der Waals surface area (Å²) in [6.07, 6.45) is -0.769. The van der Waals surface area contributed by atoms with Crippen LogP contribution in [0, 0.1) is 0 Å². The lowest BCUT2D eigenvalue weighted by Gasteiger charge is -2.33. The van der Waals surface area contributed by atoms with Gasteiger partial charge in [-0.1, -0.05) is 18.2 Å². The Hall–Kier alpha value is -1.75. The Kier molecular flexibility index (Phi) is 4.27. The minimum atomic E-state index is -0.867. The van der Waals surface area contributed by atoms with E-state index < -0.39 is 6.09 Å². The second kappa shape index (κ2) is 5.93. The van der Waals surface area contributed by atoms with Crippen LogP contribution in [0.5, 0.6) is 5.75 Å². The van der Waals surface area contributed by atoms with Crippen LogP contribution in [0.3, 0.4) is 0 Å². The Morgan fingerprint density at radius 3 is 2.89 bits per heavy atom. The van der Waals surface area contributed by atoms with Crippen LogP contribution in [-0.2, 0) is 0 Å². The van der Waals surface area contributed by atoms with Crippen molar-refractivity contribution in [1.29, 1.82) is 0 Å². The number of benzene rings is 1. The van der Waals surface area contributed by atoms with Crippen LogP contribution < -0.4 is 10.1 Å². The first kappa shape index (κ1) is 13.7. The molecule has 1 aromatic carbocycles. The fourth-order valence-electron chi connectivity index (χ4n) is 2.26. The van der Waals surface area contributed by atoms with E-state index in [2.05, 4.69) is 5.32 Å². The maximum absolute atomic E-state index is 11.1. The molecule has 5 nitrogen and oxygen atoms in total. The molecule has 1 heterocycles. The summed E-state index contributed by atoms with van der Waals surface area (Å²) in [5.41, 5.74) is 1.02. The number of hydrogen-bond donors (Lipinski definition) is 2. The van der Waals surface area contributed by atoms with Gasteiger partial charge in [0.05, 0.1) is 12.1 Å². The monoisotopic (exact) mass is 264 g/mol. The molecule has 1 aliphatic rings. The Bertz CT molecular complexity index is 448. The highest BCUT2D eigenvalue weighted by Crippen LogP contribution is 2.27. The van der Waals surface area contributed by atoms with Gasteiger partial charge >= 0.3 is 6.09 Å². The third kappa shape index (κ3) is 3.38. The van der Waals surface area contributed by atoms with Crippen LogP contribution in [0.15, 0.2) is 24.3 Å². The molecule has 1 aliphatic heterocycles. The van der Waals surface area contributed by atoms with Gasteiger partial charge in [0.25, 0.3) is 0 Å². The number of ether oxygens (including phenoxy) is 1. The van der Waals surface area contributed by atoms with Gasteiger partial charge in [0.2, 0.25) is 0 Å². The molecule has 1 atom stereocenters. The van der Waals surface area contributed by atoms with Crippen LogP contribution in [-0.4, -0.2) is 41.8 Å². The van der Waals surface area contributed by atoms with Gasteiger partial charge in [0, 0.05) is 25.2 Å². The van der Waals surface area contributed by atoms with E-state index in [0.717, 1.165) is 11.3 Å². The summed E-state index contributed by atoms with van der Waals surface area (Å²) in [4.78, 5) is 12.5. The number of piperazine rings is 1. The zero-order valence-corrected chi connectivity index (χ0v) is 11.3. The summed E-state index contributed by atoms with van der Waals surface area (Å²) in [6.45, 7) is 5.60. The van der Waals surface area contributed by atoms with Gasteiger partial charge in [0.15, 0.2) is 0 Å². The first-order valence-electron chi connectivity index (χ1n) is 6.54. The van der Waals surface area contributed by atoms with Gasteiger partial charge in [-0.2, -0.15) is 0 Å². The lowest BCUT2D eigenvalue weighted by atomic mass is 10.0. The third-order valence-electron chi connectivity index (χ3n) is 3.10. The average Bonchev–Trinajstić information content (AvgIpc) is 2.39. The fraction of sp³-hybridized carbons (Fsp3) is 0.500. The molecular formula is C14H20N2O3. The van der Waals surface area contributed by atoms with E-state index in [9.17, 15) is 4.79 Å². The second-order valence-corrected chi connectivity index (χ2v) is 4.94. The topological polar surface area (TPSA) is 61.8 Å². The van der Waals surface area contributed by atoms with Crippen LogP contribution in [0.4, 0.5) is 4.79 Å². The quantitative estimate of drug-likeness (QED) is 0.877. The molecule has 104 valence electrons. The van der Waals surface area contributed by atoms with Gasteiger partial charge in [-0.3, -0.25) is 0 Å². The highest BCUT2D eigenvalue weighted by atomic mass is 16.5. The van der Waals surface area contributed by atoms with Crippen molar-refractivity contribution in [2.24, 2.45) is 0 Å². The van der Waals surface area contributed by atoms with E-state index in [4.69, 9.17) is 9.84 Å². The number of carboxylic acid groups (broad SMARTS) is 1. The zero-order chi connectivity index (χ0) is 13.8. The Morgan fingerprint density at radius 2 is 2.21 bits per heavy atom. The molecule has 2 rings (SSSR count). The molecule has 5 heteroatoms. The van der Waals surface area contributed by atoms with Crippen LogP contribution >= 0.6 is 0 Å². The number of nitrogens with one attached hydrogen (secondary N) is 1. The molecule has 0 bridgehead atoms. The van der Waals surface area contributed by atoms with Crippen molar-refractivity contribution >= 4 is 6.09 Å². The predicted octanol–water partition coefficient (Wildman–Crippen LogP) is 2.10. The molecule has 1 fully saturated rings. The number of amides is 1. The van der Waals surface area contributed by atoms with Gasteiger partial charge in [-0.05, 0) is 19.9 Å². The molecule has 19 heavy (non-hydrogen) atoms. The molecule has 1 aromatic rings. The first-order chi connectivity index (χ1) is 9.08. The number of para-hydroxylation sites is 1. The van der Waals surface area contributed by atoms with E-state index in [1.165, 1.54) is 4.90 Å². The smallest absolute Gasteiger partial charge is 0.407 e. The molecule has 0 saturated carbocycles. The first-order valence-corrected chi connectivity index (χ1v) is 6.54. The molecule has 1 amide bonds. The molecule has 0 spiro atoms. The van der Waals surface area contributed by atoms with Crippen molar-refractivity contribution < 1.29 is 14.6 Å².